The predicted octanol–water partition coefficient (Wildman–Crippen LogP) is 6.24. The normalized spacial score (nSPS) is 26.6. The van der Waals surface area contributed by atoms with Crippen molar-refractivity contribution in [2.75, 3.05) is 6.54 Å². The highest BCUT2D eigenvalue weighted by molar-refractivity contribution is 7.91. The van der Waals surface area contributed by atoms with Gasteiger partial charge in [-0.05, 0) is 87.3 Å². The fourth-order valence-corrected chi connectivity index (χ4v) is 10.7. The lowest BCUT2D eigenvalue weighted by molar-refractivity contribution is -0.141. The van der Waals surface area contributed by atoms with Gasteiger partial charge in [0, 0.05) is 29.4 Å². The summed E-state index contributed by atoms with van der Waals surface area (Å²) in [6.45, 7) is 6.45. The van der Waals surface area contributed by atoms with E-state index >= 15 is 0 Å². The Bertz CT molecular complexity index is 2560. The Kier molecular flexibility index (Phi) is 11.5. The van der Waals surface area contributed by atoms with Crippen LogP contribution >= 0.6 is 0 Å². The number of nitrogens with zero attached hydrogens (tertiary/aromatic N) is 4. The SMILES string of the molecule is CC(C)(C)c1ccc(-c2cc(O[C@@H]3C[C@H]4C(=O)N[C@]5(C(=O)NS(=O)(=O)C6CC6)C[C@@H]5/C=C\CCCCC[C@H](NC(=O)OC5CCCC5)C(=O)N4C3)n3nc4ccccc4c3n2)cc1. The highest BCUT2D eigenvalue weighted by atomic mass is 32.2. The zero-order valence-electron chi connectivity index (χ0n) is 36.2. The lowest BCUT2D eigenvalue weighted by Gasteiger charge is -2.30. The topological polar surface area (TPSA) is 190 Å². The van der Waals surface area contributed by atoms with Crippen molar-refractivity contribution in [1.29, 1.82) is 0 Å². The molecule has 2 aromatic heterocycles. The Balaban J connectivity index is 1.05. The van der Waals surface area contributed by atoms with Crippen LogP contribution in [0.3, 0.4) is 0 Å². The average Bonchev–Trinajstić information content (AvgIpc) is 4.06. The number of nitrogens with one attached hydrogen (secondary N) is 3. The zero-order chi connectivity index (χ0) is 44.1. The van der Waals surface area contributed by atoms with Crippen molar-refractivity contribution >= 4 is 50.4 Å². The third kappa shape index (κ3) is 9.00. The quantitative estimate of drug-likeness (QED) is 0.171. The molecule has 5 atom stereocenters. The minimum atomic E-state index is -3.91. The second-order valence-corrected chi connectivity index (χ2v) is 21.0. The van der Waals surface area contributed by atoms with Crippen LogP contribution in [0.1, 0.15) is 110 Å². The largest absolute Gasteiger partial charge is 0.472 e. The maximum Gasteiger partial charge on any atom is 0.408 e. The highest BCUT2D eigenvalue weighted by Crippen LogP contribution is 2.46. The van der Waals surface area contributed by atoms with Crippen LogP contribution in [0, 0.1) is 5.92 Å². The van der Waals surface area contributed by atoms with Gasteiger partial charge in [-0.2, -0.15) is 9.61 Å². The van der Waals surface area contributed by atoms with E-state index in [1.807, 2.05) is 54.6 Å². The number of amides is 4. The van der Waals surface area contributed by atoms with Crippen molar-refractivity contribution in [2.45, 2.75) is 145 Å². The summed E-state index contributed by atoms with van der Waals surface area (Å²) in [5.41, 5.74) is 2.41. The number of fused-ring (bicyclic) bond motifs is 5. The zero-order valence-corrected chi connectivity index (χ0v) is 37.0. The third-order valence-corrected chi connectivity index (χ3v) is 15.1. The van der Waals surface area contributed by atoms with Crippen LogP contribution in [-0.2, 0) is 34.6 Å². The molecule has 0 unspecified atom stereocenters. The Morgan fingerprint density at radius 2 is 1.67 bits per heavy atom. The van der Waals surface area contributed by atoms with E-state index in [4.69, 9.17) is 19.6 Å². The van der Waals surface area contributed by atoms with Crippen LogP contribution in [0.5, 0.6) is 5.88 Å². The van der Waals surface area contributed by atoms with E-state index in [0.29, 0.717) is 54.8 Å². The Morgan fingerprint density at radius 1 is 0.921 bits per heavy atom. The fourth-order valence-electron chi connectivity index (χ4n) is 9.33. The molecule has 9 rings (SSSR count). The second kappa shape index (κ2) is 16.9. The lowest BCUT2D eigenvalue weighted by Crippen LogP contribution is -2.58. The molecule has 1 saturated heterocycles. The van der Waals surface area contributed by atoms with E-state index in [0.717, 1.165) is 49.5 Å². The summed E-state index contributed by atoms with van der Waals surface area (Å²) in [6.07, 6.45) is 10.1. The molecule has 0 radical (unpaired) electrons. The average molecular weight is 880 g/mol. The number of carbonyl (C=O) groups excluding carboxylic acids is 4. The molecule has 3 aliphatic carbocycles. The van der Waals surface area contributed by atoms with Crippen molar-refractivity contribution in [1.82, 2.24) is 34.9 Å². The summed E-state index contributed by atoms with van der Waals surface area (Å²) < 4.78 is 42.4. The minimum Gasteiger partial charge on any atom is -0.472 e. The number of hydrogen-bond donors (Lipinski definition) is 3. The number of alkyl carbamates (subject to hydrolysis) is 1. The lowest BCUT2D eigenvalue weighted by atomic mass is 9.86. The summed E-state index contributed by atoms with van der Waals surface area (Å²) in [5, 5.41) is 10.8. The van der Waals surface area contributed by atoms with Crippen molar-refractivity contribution < 1.29 is 37.1 Å². The van der Waals surface area contributed by atoms with Crippen LogP contribution in [-0.4, -0.2) is 93.4 Å². The van der Waals surface area contributed by atoms with Crippen LogP contribution in [0.25, 0.3) is 27.8 Å². The van der Waals surface area contributed by atoms with E-state index in [9.17, 15) is 27.6 Å². The first-order valence-electron chi connectivity index (χ1n) is 22.6. The first-order valence-corrected chi connectivity index (χ1v) is 24.1. The van der Waals surface area contributed by atoms with Gasteiger partial charge in [0.1, 0.15) is 29.8 Å². The number of aromatic nitrogens is 3. The summed E-state index contributed by atoms with van der Waals surface area (Å²) >= 11 is 0. The first-order chi connectivity index (χ1) is 30.2. The number of hydrogen-bond acceptors (Lipinski definition) is 10. The van der Waals surface area contributed by atoms with E-state index in [1.165, 1.54) is 10.5 Å². The van der Waals surface area contributed by atoms with Gasteiger partial charge in [0.15, 0.2) is 5.65 Å². The van der Waals surface area contributed by atoms with Crippen molar-refractivity contribution in [2.24, 2.45) is 5.92 Å². The summed E-state index contributed by atoms with van der Waals surface area (Å²) in [6, 6.07) is 15.6. The molecule has 4 heterocycles. The van der Waals surface area contributed by atoms with Crippen LogP contribution in [0.15, 0.2) is 66.7 Å². The number of rotatable bonds is 8. The Labute approximate surface area is 367 Å². The van der Waals surface area contributed by atoms with Crippen LogP contribution < -0.4 is 20.1 Å². The van der Waals surface area contributed by atoms with Gasteiger partial charge >= 0.3 is 6.09 Å². The predicted molar refractivity (Wildman–Crippen MR) is 236 cm³/mol. The maximum absolute atomic E-state index is 14.8. The molecule has 334 valence electrons. The highest BCUT2D eigenvalue weighted by Gasteiger charge is 2.62. The van der Waals surface area contributed by atoms with E-state index in [-0.39, 0.29) is 30.9 Å². The smallest absolute Gasteiger partial charge is 0.408 e. The van der Waals surface area contributed by atoms with Gasteiger partial charge in [-0.3, -0.25) is 19.1 Å². The van der Waals surface area contributed by atoms with E-state index in [2.05, 4.69) is 48.3 Å². The first kappa shape index (κ1) is 42.8. The molecule has 0 spiro atoms. The number of benzene rings is 2. The van der Waals surface area contributed by atoms with Crippen LogP contribution in [0.4, 0.5) is 4.79 Å². The monoisotopic (exact) mass is 879 g/mol. The fraction of sp³-hybridized carbons (Fsp3) is 0.532. The summed E-state index contributed by atoms with van der Waals surface area (Å²) in [5.74, 6) is -1.95. The summed E-state index contributed by atoms with van der Waals surface area (Å²) in [4.78, 5) is 63.3. The molecule has 15 nitrogen and oxygen atoms in total. The molecule has 16 heteroatoms. The Hall–Kier alpha value is -5.51. The molecule has 5 aliphatic rings. The van der Waals surface area contributed by atoms with Gasteiger partial charge in [0.2, 0.25) is 27.7 Å². The molecule has 3 saturated carbocycles. The Morgan fingerprint density at radius 3 is 2.41 bits per heavy atom. The number of ether oxygens (including phenoxy) is 2. The van der Waals surface area contributed by atoms with Gasteiger partial charge < -0.3 is 25.0 Å². The molecule has 3 N–H and O–H groups in total. The molecule has 0 bridgehead atoms. The molecule has 4 amide bonds. The van der Waals surface area contributed by atoms with Crippen molar-refractivity contribution in [3.8, 4) is 17.1 Å². The standard InChI is InChI=1S/C47H57N7O8S/c1-46(2,3)30-21-19-29(20-22-30)38-26-40(54-41(48-38)35-16-11-12-17-36(35)51-54)61-33-25-39-42(55)50-47(44(57)52-63(59,60)34-23-24-34)27-31(47)13-7-5-4-6-8-18-37(43(56)53(39)28-33)49-45(58)62-32-14-9-10-15-32/h7,11-13,16-17,19-22,26,31-34,37,39H,4-6,8-10,14-15,18,23-25,27-28H2,1-3H3,(H,49,58)(H,50,55)(H,52,57)/b13-7-/t31-,33+,37-,39-,47+/m0/s1. The van der Waals surface area contributed by atoms with Gasteiger partial charge in [0.05, 0.1) is 23.0 Å². The number of allylic oxidation sites excluding steroid dienone is 1. The number of sulfonamides is 1. The molecule has 4 fully saturated rings. The van der Waals surface area contributed by atoms with Gasteiger partial charge in [-0.25, -0.2) is 18.2 Å². The molecule has 4 aromatic rings. The van der Waals surface area contributed by atoms with Gasteiger partial charge in [0.25, 0.3) is 5.91 Å². The maximum atomic E-state index is 14.8. The van der Waals surface area contributed by atoms with E-state index in [1.54, 1.807) is 4.52 Å². The van der Waals surface area contributed by atoms with E-state index < -0.39 is 68.7 Å². The van der Waals surface area contributed by atoms with Crippen LogP contribution in [0.2, 0.25) is 0 Å². The van der Waals surface area contributed by atoms with Gasteiger partial charge in [-0.15, -0.1) is 0 Å². The second-order valence-electron chi connectivity index (χ2n) is 19.1. The molecular weight excluding hydrogens is 823 g/mol. The van der Waals surface area contributed by atoms with Crippen molar-refractivity contribution in [3.05, 3.63) is 72.3 Å². The summed E-state index contributed by atoms with van der Waals surface area (Å²) in [7, 11) is -3.91. The molecule has 63 heavy (non-hydrogen) atoms. The molecule has 2 aliphatic heterocycles. The molecular formula is C47H57N7O8S. The van der Waals surface area contributed by atoms with Gasteiger partial charge in [-0.1, -0.05) is 82.2 Å². The number of carbonyl (C=O) groups is 4. The van der Waals surface area contributed by atoms with Crippen molar-refractivity contribution in [3.63, 3.8) is 0 Å². The minimum absolute atomic E-state index is 0.0222. The third-order valence-electron chi connectivity index (χ3n) is 13.3. The molecule has 2 aromatic carbocycles.